The number of likely N-dealkylation sites (N-methyl/N-ethyl adjacent to an activating group) is 2. The first-order chi connectivity index (χ1) is 10.7. The van der Waals surface area contributed by atoms with Crippen molar-refractivity contribution < 1.29 is 13.8 Å². The molecule has 2 fully saturated rings. The fourth-order valence-corrected chi connectivity index (χ4v) is 4.30. The van der Waals surface area contributed by atoms with Crippen LogP contribution in [-0.2, 0) is 13.8 Å². The molecule has 2 rings (SSSR count). The summed E-state index contributed by atoms with van der Waals surface area (Å²) in [4.78, 5) is 7.65. The number of ether oxygens (including phenoxy) is 1. The summed E-state index contributed by atoms with van der Waals surface area (Å²) in [5.74, 6) is 0. The van der Waals surface area contributed by atoms with Crippen molar-refractivity contribution in [3.63, 3.8) is 0 Å². The summed E-state index contributed by atoms with van der Waals surface area (Å²) in [5.41, 5.74) is -0.0187. The van der Waals surface area contributed by atoms with E-state index in [2.05, 4.69) is 28.5 Å². The fourth-order valence-electron chi connectivity index (χ4n) is 4.00. The lowest BCUT2D eigenvalue weighted by Crippen LogP contribution is -2.73. The summed E-state index contributed by atoms with van der Waals surface area (Å²) in [5, 5.41) is 0. The van der Waals surface area contributed by atoms with Crippen molar-refractivity contribution in [3.8, 4) is 0 Å². The van der Waals surface area contributed by atoms with Crippen LogP contribution in [-0.4, -0.2) is 86.0 Å². The second-order valence-electron chi connectivity index (χ2n) is 6.21. The van der Waals surface area contributed by atoms with E-state index < -0.39 is 0 Å². The van der Waals surface area contributed by atoms with E-state index in [1.54, 1.807) is 7.11 Å². The van der Waals surface area contributed by atoms with Gasteiger partial charge in [0.2, 0.25) is 0 Å². The second kappa shape index (κ2) is 8.67. The molecule has 7 heteroatoms. The first-order valence-corrected chi connectivity index (χ1v) is 9.13. The summed E-state index contributed by atoms with van der Waals surface area (Å²) in [7, 11) is 1.56. The van der Waals surface area contributed by atoms with Crippen LogP contribution in [0.2, 0.25) is 0 Å². The summed E-state index contributed by atoms with van der Waals surface area (Å²) in [6, 6.07) is 0. The first kappa shape index (κ1) is 18.2. The Labute approximate surface area is 136 Å². The standard InChI is InChI=1S/C15H30N3O3P/c1-4-16-8-9-18(10-11-20-3)15(13-16)12-14(21-22-19)6-7-17(15)5-2/h14H,4-13H2,1-3H3. The lowest BCUT2D eigenvalue weighted by molar-refractivity contribution is -0.149. The normalized spacial score (nSPS) is 32.0. The van der Waals surface area contributed by atoms with E-state index in [1.807, 2.05) is 0 Å². The molecule has 2 aliphatic heterocycles. The van der Waals surface area contributed by atoms with E-state index in [0.717, 1.165) is 65.3 Å². The number of piperidine rings is 1. The van der Waals surface area contributed by atoms with Gasteiger partial charge in [0, 0.05) is 46.3 Å². The molecule has 2 aliphatic rings. The Kier molecular flexibility index (Phi) is 7.19. The van der Waals surface area contributed by atoms with Crippen molar-refractivity contribution in [3.05, 3.63) is 0 Å². The zero-order valence-electron chi connectivity index (χ0n) is 14.2. The van der Waals surface area contributed by atoms with Crippen LogP contribution in [0.4, 0.5) is 0 Å². The van der Waals surface area contributed by atoms with Crippen molar-refractivity contribution >= 4 is 8.69 Å². The Morgan fingerprint density at radius 1 is 1.18 bits per heavy atom. The average Bonchev–Trinajstić information content (AvgIpc) is 2.54. The van der Waals surface area contributed by atoms with Gasteiger partial charge in [-0.3, -0.25) is 19.2 Å². The number of nitrogens with zero attached hydrogens (tertiary/aromatic N) is 3. The summed E-state index contributed by atoms with van der Waals surface area (Å²) >= 11 is 0. The van der Waals surface area contributed by atoms with Crippen molar-refractivity contribution in [2.45, 2.75) is 38.5 Å². The van der Waals surface area contributed by atoms with Gasteiger partial charge >= 0.3 is 8.69 Å². The lowest BCUT2D eigenvalue weighted by atomic mass is 9.88. The summed E-state index contributed by atoms with van der Waals surface area (Å²) in [6.45, 7) is 12.4. The topological polar surface area (TPSA) is 45.3 Å². The molecule has 2 atom stereocenters. The van der Waals surface area contributed by atoms with Crippen molar-refractivity contribution in [2.24, 2.45) is 0 Å². The smallest absolute Gasteiger partial charge is 0.327 e. The van der Waals surface area contributed by atoms with E-state index in [-0.39, 0.29) is 20.5 Å². The predicted octanol–water partition coefficient (Wildman–Crippen LogP) is 1.67. The monoisotopic (exact) mass is 331 g/mol. The molecule has 2 heterocycles. The average molecular weight is 331 g/mol. The largest absolute Gasteiger partial charge is 0.383 e. The van der Waals surface area contributed by atoms with E-state index in [1.165, 1.54) is 0 Å². The van der Waals surface area contributed by atoms with Crippen LogP contribution in [0.25, 0.3) is 0 Å². The molecule has 0 aromatic rings. The molecule has 0 aromatic carbocycles. The maximum absolute atomic E-state index is 10.9. The van der Waals surface area contributed by atoms with Gasteiger partial charge in [0.05, 0.1) is 18.4 Å². The molecule has 2 saturated heterocycles. The third kappa shape index (κ3) is 3.86. The minimum absolute atomic E-state index is 0.0187. The Morgan fingerprint density at radius 2 is 2.00 bits per heavy atom. The molecule has 0 amide bonds. The van der Waals surface area contributed by atoms with Gasteiger partial charge in [-0.15, -0.1) is 0 Å². The number of likely N-dealkylation sites (tertiary alicyclic amines) is 1. The highest BCUT2D eigenvalue weighted by atomic mass is 31.1. The minimum Gasteiger partial charge on any atom is -0.383 e. The molecular weight excluding hydrogens is 301 g/mol. The Balaban J connectivity index is 2.22. The van der Waals surface area contributed by atoms with Gasteiger partial charge in [-0.2, -0.15) is 0 Å². The third-order valence-corrected chi connectivity index (χ3v) is 5.59. The van der Waals surface area contributed by atoms with E-state index in [4.69, 9.17) is 9.26 Å². The highest BCUT2D eigenvalue weighted by Gasteiger charge is 2.49. The van der Waals surface area contributed by atoms with Gasteiger partial charge in [-0.25, -0.2) is 4.57 Å². The maximum Gasteiger partial charge on any atom is 0.327 e. The first-order valence-electron chi connectivity index (χ1n) is 8.40. The van der Waals surface area contributed by atoms with Gasteiger partial charge in [-0.1, -0.05) is 13.8 Å². The molecule has 0 aromatic heterocycles. The molecule has 6 nitrogen and oxygen atoms in total. The van der Waals surface area contributed by atoms with Gasteiger partial charge in [0.1, 0.15) is 0 Å². The SMILES string of the molecule is CCN1CCN(CCOC)C2(CC(OP=O)CCN2CC)C1. The molecule has 0 N–H and O–H groups in total. The quantitative estimate of drug-likeness (QED) is 0.662. The number of hydrogen-bond donors (Lipinski definition) is 0. The van der Waals surface area contributed by atoms with Crippen LogP contribution >= 0.6 is 8.69 Å². The fraction of sp³-hybridized carbons (Fsp3) is 1.00. The number of piperazine rings is 1. The van der Waals surface area contributed by atoms with Gasteiger partial charge in [-0.05, 0) is 19.5 Å². The highest BCUT2D eigenvalue weighted by molar-refractivity contribution is 7.17. The van der Waals surface area contributed by atoms with E-state index >= 15 is 0 Å². The lowest BCUT2D eigenvalue weighted by Gasteiger charge is -2.59. The van der Waals surface area contributed by atoms with Crippen LogP contribution in [0.3, 0.4) is 0 Å². The minimum atomic E-state index is -0.197. The second-order valence-corrected chi connectivity index (χ2v) is 6.57. The van der Waals surface area contributed by atoms with E-state index in [9.17, 15) is 4.57 Å². The van der Waals surface area contributed by atoms with Crippen molar-refractivity contribution in [2.75, 3.05) is 59.5 Å². The van der Waals surface area contributed by atoms with Crippen LogP contribution in [0, 0.1) is 0 Å². The van der Waals surface area contributed by atoms with Crippen LogP contribution in [0.5, 0.6) is 0 Å². The molecule has 0 bridgehead atoms. The third-order valence-electron chi connectivity index (χ3n) is 5.20. The summed E-state index contributed by atoms with van der Waals surface area (Å²) in [6.07, 6.45) is 1.94. The molecule has 0 saturated carbocycles. The van der Waals surface area contributed by atoms with Crippen LogP contribution < -0.4 is 0 Å². The molecule has 1 spiro atoms. The summed E-state index contributed by atoms with van der Waals surface area (Å²) < 4.78 is 21.6. The Bertz CT molecular complexity index is 361. The van der Waals surface area contributed by atoms with Crippen molar-refractivity contribution in [1.82, 2.24) is 14.7 Å². The van der Waals surface area contributed by atoms with Crippen LogP contribution in [0.15, 0.2) is 0 Å². The molecule has 2 unspecified atom stereocenters. The van der Waals surface area contributed by atoms with Crippen molar-refractivity contribution in [1.29, 1.82) is 0 Å². The van der Waals surface area contributed by atoms with Crippen LogP contribution in [0.1, 0.15) is 26.7 Å². The van der Waals surface area contributed by atoms with Gasteiger partial charge in [0.25, 0.3) is 0 Å². The molecule has 22 heavy (non-hydrogen) atoms. The predicted molar refractivity (Wildman–Crippen MR) is 87.3 cm³/mol. The molecular formula is C15H30N3O3P. The maximum atomic E-state index is 10.9. The highest BCUT2D eigenvalue weighted by Crippen LogP contribution is 2.36. The number of rotatable bonds is 7. The molecule has 0 aliphatic carbocycles. The Hall–Kier alpha value is -0.100. The Morgan fingerprint density at radius 3 is 2.64 bits per heavy atom. The molecule has 128 valence electrons. The zero-order chi connectivity index (χ0) is 16.0. The number of hydrogen-bond acceptors (Lipinski definition) is 6. The number of methoxy groups -OCH3 is 1. The van der Waals surface area contributed by atoms with Gasteiger partial charge in [0.15, 0.2) is 0 Å². The zero-order valence-corrected chi connectivity index (χ0v) is 15.1. The van der Waals surface area contributed by atoms with Gasteiger partial charge < -0.3 is 4.74 Å². The van der Waals surface area contributed by atoms with E-state index in [0.29, 0.717) is 0 Å². The molecule has 0 radical (unpaired) electrons.